The standard InChI is InChI=1S/C13H18BrN3O/c1-16-13(18)12-4-2-3-7-17(12)11-6-5-9(15)8-10(11)14/h5-6,8,12H,2-4,7,15H2,1H3,(H,16,18). The molecule has 18 heavy (non-hydrogen) atoms. The van der Waals surface area contributed by atoms with Gasteiger partial charge >= 0.3 is 0 Å². The van der Waals surface area contributed by atoms with Crippen molar-refractivity contribution in [3.63, 3.8) is 0 Å². The van der Waals surface area contributed by atoms with Crippen LogP contribution in [0.4, 0.5) is 11.4 Å². The Kier molecular flexibility index (Phi) is 4.11. The van der Waals surface area contributed by atoms with E-state index in [2.05, 4.69) is 26.1 Å². The first-order valence-electron chi connectivity index (χ1n) is 6.16. The number of nitrogens with two attached hydrogens (primary N) is 1. The van der Waals surface area contributed by atoms with E-state index in [1.54, 1.807) is 7.05 Å². The van der Waals surface area contributed by atoms with Crippen molar-refractivity contribution < 1.29 is 4.79 Å². The first-order valence-corrected chi connectivity index (χ1v) is 6.96. The molecule has 3 N–H and O–H groups in total. The van der Waals surface area contributed by atoms with Crippen LogP contribution in [0.3, 0.4) is 0 Å². The van der Waals surface area contributed by atoms with Gasteiger partial charge in [0.1, 0.15) is 6.04 Å². The van der Waals surface area contributed by atoms with Gasteiger partial charge in [0.05, 0.1) is 5.69 Å². The summed E-state index contributed by atoms with van der Waals surface area (Å²) in [6.45, 7) is 0.903. The summed E-state index contributed by atoms with van der Waals surface area (Å²) in [7, 11) is 1.69. The van der Waals surface area contributed by atoms with E-state index in [1.165, 1.54) is 0 Å². The zero-order valence-corrected chi connectivity index (χ0v) is 12.0. The molecule has 2 rings (SSSR count). The third kappa shape index (κ3) is 2.61. The molecule has 0 aliphatic carbocycles. The average molecular weight is 312 g/mol. The maximum Gasteiger partial charge on any atom is 0.242 e. The van der Waals surface area contributed by atoms with Gasteiger partial charge in [0.2, 0.25) is 5.91 Å². The summed E-state index contributed by atoms with van der Waals surface area (Å²) < 4.78 is 0.943. The van der Waals surface area contributed by atoms with Crippen LogP contribution in [-0.4, -0.2) is 25.5 Å². The second-order valence-corrected chi connectivity index (χ2v) is 5.38. The maximum atomic E-state index is 11.9. The van der Waals surface area contributed by atoms with Crippen molar-refractivity contribution in [2.45, 2.75) is 25.3 Å². The number of nitrogens with one attached hydrogen (secondary N) is 1. The first-order chi connectivity index (χ1) is 8.63. The number of piperidine rings is 1. The largest absolute Gasteiger partial charge is 0.399 e. The van der Waals surface area contributed by atoms with Crippen molar-refractivity contribution in [1.82, 2.24) is 5.32 Å². The zero-order valence-electron chi connectivity index (χ0n) is 10.4. The highest BCUT2D eigenvalue weighted by molar-refractivity contribution is 9.10. The molecule has 0 aromatic heterocycles. The summed E-state index contributed by atoms with van der Waals surface area (Å²) in [5.74, 6) is 0.0819. The quantitative estimate of drug-likeness (QED) is 0.823. The summed E-state index contributed by atoms with van der Waals surface area (Å²) in [5.41, 5.74) is 7.51. The Hall–Kier alpha value is -1.23. The molecule has 5 heteroatoms. The predicted octanol–water partition coefficient (Wildman–Crippen LogP) is 2.14. The third-order valence-electron chi connectivity index (χ3n) is 3.33. The molecule has 98 valence electrons. The molecule has 1 unspecified atom stereocenters. The van der Waals surface area contributed by atoms with Gasteiger partial charge in [-0.15, -0.1) is 0 Å². The van der Waals surface area contributed by atoms with Gasteiger partial charge in [0, 0.05) is 23.8 Å². The molecule has 1 amide bonds. The van der Waals surface area contributed by atoms with E-state index in [0.29, 0.717) is 0 Å². The minimum absolute atomic E-state index is 0.0799. The van der Waals surface area contributed by atoms with Gasteiger partial charge in [-0.25, -0.2) is 0 Å². The molecule has 1 heterocycles. The fraction of sp³-hybridized carbons (Fsp3) is 0.462. The Morgan fingerprint density at radius 1 is 1.50 bits per heavy atom. The van der Waals surface area contributed by atoms with E-state index >= 15 is 0 Å². The van der Waals surface area contributed by atoms with Crippen molar-refractivity contribution in [3.05, 3.63) is 22.7 Å². The van der Waals surface area contributed by atoms with E-state index < -0.39 is 0 Å². The highest BCUT2D eigenvalue weighted by Gasteiger charge is 2.29. The van der Waals surface area contributed by atoms with E-state index in [1.807, 2.05) is 18.2 Å². The minimum atomic E-state index is -0.0799. The van der Waals surface area contributed by atoms with Gasteiger partial charge in [0.25, 0.3) is 0 Å². The molecule has 0 saturated carbocycles. The number of carbonyl (C=O) groups excluding carboxylic acids is 1. The number of benzene rings is 1. The summed E-state index contributed by atoms with van der Waals surface area (Å²) in [4.78, 5) is 14.1. The van der Waals surface area contributed by atoms with Crippen LogP contribution in [-0.2, 0) is 4.79 Å². The van der Waals surface area contributed by atoms with E-state index in [0.717, 1.165) is 41.7 Å². The number of halogens is 1. The lowest BCUT2D eigenvalue weighted by atomic mass is 10.0. The fourth-order valence-electron chi connectivity index (χ4n) is 2.42. The van der Waals surface area contributed by atoms with Crippen molar-refractivity contribution in [2.75, 3.05) is 24.2 Å². The van der Waals surface area contributed by atoms with Crippen LogP contribution < -0.4 is 16.0 Å². The Labute approximate surface area is 116 Å². The second-order valence-electron chi connectivity index (χ2n) is 4.53. The van der Waals surface area contributed by atoms with Crippen LogP contribution >= 0.6 is 15.9 Å². The number of likely N-dealkylation sites (N-methyl/N-ethyl adjacent to an activating group) is 1. The predicted molar refractivity (Wildman–Crippen MR) is 77.6 cm³/mol. The SMILES string of the molecule is CNC(=O)C1CCCCN1c1ccc(N)cc1Br. The summed E-state index contributed by atoms with van der Waals surface area (Å²) in [6.07, 6.45) is 3.11. The van der Waals surface area contributed by atoms with Crippen LogP contribution in [0.15, 0.2) is 22.7 Å². The van der Waals surface area contributed by atoms with Crippen molar-refractivity contribution in [1.29, 1.82) is 0 Å². The van der Waals surface area contributed by atoms with Crippen LogP contribution in [0.1, 0.15) is 19.3 Å². The number of rotatable bonds is 2. The molecule has 1 atom stereocenters. The fourth-order valence-corrected chi connectivity index (χ4v) is 3.04. The number of nitrogen functional groups attached to an aromatic ring is 1. The van der Waals surface area contributed by atoms with E-state index in [-0.39, 0.29) is 11.9 Å². The Morgan fingerprint density at radius 3 is 2.94 bits per heavy atom. The summed E-state index contributed by atoms with van der Waals surface area (Å²) in [6, 6.07) is 5.64. The van der Waals surface area contributed by atoms with Crippen molar-refractivity contribution >= 4 is 33.2 Å². The topological polar surface area (TPSA) is 58.4 Å². The second kappa shape index (κ2) is 5.61. The molecule has 1 fully saturated rings. The van der Waals surface area contributed by atoms with Gasteiger partial charge in [-0.05, 0) is 53.4 Å². The highest BCUT2D eigenvalue weighted by Crippen LogP contribution is 2.32. The van der Waals surface area contributed by atoms with Gasteiger partial charge in [-0.3, -0.25) is 4.79 Å². The lowest BCUT2D eigenvalue weighted by Gasteiger charge is -2.36. The Morgan fingerprint density at radius 2 is 2.28 bits per heavy atom. The molecule has 0 bridgehead atoms. The molecular weight excluding hydrogens is 294 g/mol. The molecule has 1 aliphatic rings. The third-order valence-corrected chi connectivity index (χ3v) is 3.97. The zero-order chi connectivity index (χ0) is 13.1. The maximum absolute atomic E-state index is 11.9. The molecule has 0 spiro atoms. The van der Waals surface area contributed by atoms with Gasteiger partial charge in [-0.1, -0.05) is 0 Å². The van der Waals surface area contributed by atoms with E-state index in [4.69, 9.17) is 5.73 Å². The summed E-state index contributed by atoms with van der Waals surface area (Å²) >= 11 is 3.53. The number of amides is 1. The van der Waals surface area contributed by atoms with Crippen molar-refractivity contribution in [3.8, 4) is 0 Å². The van der Waals surface area contributed by atoms with Crippen LogP contribution in [0.2, 0.25) is 0 Å². The van der Waals surface area contributed by atoms with Crippen LogP contribution in [0.25, 0.3) is 0 Å². The van der Waals surface area contributed by atoms with Crippen molar-refractivity contribution in [2.24, 2.45) is 0 Å². The molecule has 1 aromatic carbocycles. The van der Waals surface area contributed by atoms with Crippen LogP contribution in [0.5, 0.6) is 0 Å². The number of nitrogens with zero attached hydrogens (tertiary/aromatic N) is 1. The Balaban J connectivity index is 2.30. The average Bonchev–Trinajstić information content (AvgIpc) is 2.38. The number of hydrogen-bond donors (Lipinski definition) is 2. The molecule has 1 aromatic rings. The molecular formula is C13H18BrN3O. The van der Waals surface area contributed by atoms with E-state index in [9.17, 15) is 4.79 Å². The number of hydrogen-bond acceptors (Lipinski definition) is 3. The Bertz CT molecular complexity index is 450. The highest BCUT2D eigenvalue weighted by atomic mass is 79.9. The normalized spacial score (nSPS) is 19.7. The lowest BCUT2D eigenvalue weighted by Crippen LogP contribution is -2.49. The molecule has 0 radical (unpaired) electrons. The van der Waals surface area contributed by atoms with Gasteiger partial charge < -0.3 is 16.0 Å². The first kappa shape index (κ1) is 13.2. The van der Waals surface area contributed by atoms with Gasteiger partial charge in [-0.2, -0.15) is 0 Å². The van der Waals surface area contributed by atoms with Gasteiger partial charge in [0.15, 0.2) is 0 Å². The summed E-state index contributed by atoms with van der Waals surface area (Å²) in [5, 5.41) is 2.74. The molecule has 1 saturated heterocycles. The molecule has 1 aliphatic heterocycles. The number of anilines is 2. The lowest BCUT2D eigenvalue weighted by molar-refractivity contribution is -0.122. The minimum Gasteiger partial charge on any atom is -0.399 e. The molecule has 4 nitrogen and oxygen atoms in total. The monoisotopic (exact) mass is 311 g/mol. The smallest absolute Gasteiger partial charge is 0.242 e. The van der Waals surface area contributed by atoms with Crippen LogP contribution in [0, 0.1) is 0 Å². The number of carbonyl (C=O) groups is 1.